The molecule has 5 heteroatoms. The van der Waals surface area contributed by atoms with E-state index in [0.29, 0.717) is 25.7 Å². The second-order valence-electron chi connectivity index (χ2n) is 6.18. The molecule has 2 rings (SSSR count). The Morgan fingerprint density at radius 3 is 2.65 bits per heavy atom. The summed E-state index contributed by atoms with van der Waals surface area (Å²) in [5.74, 6) is 0. The van der Waals surface area contributed by atoms with Crippen molar-refractivity contribution in [1.29, 1.82) is 0 Å². The minimum Gasteiger partial charge on any atom is -0.444 e. The number of amides is 1. The zero-order chi connectivity index (χ0) is 12.7. The van der Waals surface area contributed by atoms with E-state index in [2.05, 4.69) is 12.2 Å². The molecule has 2 aliphatic rings. The van der Waals surface area contributed by atoms with Crippen LogP contribution in [0.25, 0.3) is 0 Å². The van der Waals surface area contributed by atoms with Crippen LogP contribution in [-0.4, -0.2) is 54.5 Å². The van der Waals surface area contributed by atoms with Crippen LogP contribution >= 0.6 is 0 Å². The van der Waals surface area contributed by atoms with Gasteiger partial charge in [0.15, 0.2) is 0 Å². The van der Waals surface area contributed by atoms with Gasteiger partial charge in [-0.05, 0) is 27.7 Å². The van der Waals surface area contributed by atoms with E-state index in [4.69, 9.17) is 9.47 Å². The highest BCUT2D eigenvalue weighted by Crippen LogP contribution is 2.26. The number of carbonyl (C=O) groups is 1. The third kappa shape index (κ3) is 2.90. The minimum atomic E-state index is -0.427. The smallest absolute Gasteiger partial charge is 0.410 e. The highest BCUT2D eigenvalue weighted by Gasteiger charge is 2.48. The molecule has 17 heavy (non-hydrogen) atoms. The second-order valence-corrected chi connectivity index (χ2v) is 6.18. The zero-order valence-corrected chi connectivity index (χ0v) is 11.1. The molecule has 2 fully saturated rings. The lowest BCUT2D eigenvalue weighted by Crippen LogP contribution is -2.76. The lowest BCUT2D eigenvalue weighted by atomic mass is 9.89. The Balaban J connectivity index is 1.83. The van der Waals surface area contributed by atoms with Crippen LogP contribution in [0.2, 0.25) is 0 Å². The van der Waals surface area contributed by atoms with Gasteiger partial charge in [0.05, 0.1) is 18.8 Å². The largest absolute Gasteiger partial charge is 0.444 e. The molecule has 98 valence electrons. The number of hydrogen-bond donors (Lipinski definition) is 1. The maximum atomic E-state index is 11.8. The number of ether oxygens (including phenoxy) is 2. The SMILES string of the molecule is CC1COCC2(CN(C(=O)OC(C)(C)C)C2)N1. The fourth-order valence-electron chi connectivity index (χ4n) is 2.36. The Bertz CT molecular complexity index is 305. The minimum absolute atomic E-state index is 0.0471. The lowest BCUT2D eigenvalue weighted by molar-refractivity contribution is -0.0776. The molecule has 1 unspecified atom stereocenters. The fraction of sp³-hybridized carbons (Fsp3) is 0.917. The van der Waals surface area contributed by atoms with E-state index in [1.165, 1.54) is 0 Å². The van der Waals surface area contributed by atoms with Crippen LogP contribution in [0.4, 0.5) is 4.79 Å². The van der Waals surface area contributed by atoms with E-state index in [1.807, 2.05) is 20.8 Å². The van der Waals surface area contributed by atoms with Gasteiger partial charge in [-0.25, -0.2) is 4.79 Å². The van der Waals surface area contributed by atoms with Crippen molar-refractivity contribution in [3.8, 4) is 0 Å². The van der Waals surface area contributed by atoms with Gasteiger partial charge in [0, 0.05) is 19.1 Å². The van der Waals surface area contributed by atoms with Crippen molar-refractivity contribution in [3.63, 3.8) is 0 Å². The molecule has 0 aromatic heterocycles. The molecule has 0 bridgehead atoms. The van der Waals surface area contributed by atoms with Crippen molar-refractivity contribution in [2.24, 2.45) is 0 Å². The molecule has 0 aromatic carbocycles. The van der Waals surface area contributed by atoms with Crippen LogP contribution in [0, 0.1) is 0 Å². The van der Waals surface area contributed by atoms with Gasteiger partial charge in [-0.15, -0.1) is 0 Å². The van der Waals surface area contributed by atoms with E-state index in [1.54, 1.807) is 4.90 Å². The van der Waals surface area contributed by atoms with Crippen molar-refractivity contribution in [3.05, 3.63) is 0 Å². The van der Waals surface area contributed by atoms with Gasteiger partial charge in [0.25, 0.3) is 0 Å². The summed E-state index contributed by atoms with van der Waals surface area (Å²) >= 11 is 0. The summed E-state index contributed by atoms with van der Waals surface area (Å²) in [6.45, 7) is 10.5. The molecular formula is C12H22N2O3. The van der Waals surface area contributed by atoms with Gasteiger partial charge >= 0.3 is 6.09 Å². The Kier molecular flexibility index (Phi) is 3.08. The maximum absolute atomic E-state index is 11.8. The van der Waals surface area contributed by atoms with Crippen molar-refractivity contribution in [2.45, 2.75) is 44.9 Å². The van der Waals surface area contributed by atoms with E-state index >= 15 is 0 Å². The first-order valence-corrected chi connectivity index (χ1v) is 6.13. The second kappa shape index (κ2) is 4.14. The number of likely N-dealkylation sites (tertiary alicyclic amines) is 1. The Morgan fingerprint density at radius 1 is 1.47 bits per heavy atom. The summed E-state index contributed by atoms with van der Waals surface area (Å²) in [6.07, 6.45) is -0.233. The van der Waals surface area contributed by atoms with Gasteiger partial charge in [-0.3, -0.25) is 0 Å². The van der Waals surface area contributed by atoms with Crippen LogP contribution in [-0.2, 0) is 9.47 Å². The molecule has 0 aliphatic carbocycles. The van der Waals surface area contributed by atoms with Crippen LogP contribution in [0.3, 0.4) is 0 Å². The summed E-state index contributed by atoms with van der Waals surface area (Å²) in [7, 11) is 0. The number of carbonyl (C=O) groups excluding carboxylic acids is 1. The van der Waals surface area contributed by atoms with Crippen molar-refractivity contribution in [2.75, 3.05) is 26.3 Å². The summed E-state index contributed by atoms with van der Waals surface area (Å²) in [5.41, 5.74) is -0.474. The summed E-state index contributed by atoms with van der Waals surface area (Å²) in [4.78, 5) is 13.5. The Labute approximate surface area is 102 Å². The lowest BCUT2D eigenvalue weighted by Gasteiger charge is -2.53. The molecule has 0 aromatic rings. The molecular weight excluding hydrogens is 220 g/mol. The maximum Gasteiger partial charge on any atom is 0.410 e. The quantitative estimate of drug-likeness (QED) is 0.688. The number of nitrogens with zero attached hydrogens (tertiary/aromatic N) is 1. The first-order valence-electron chi connectivity index (χ1n) is 6.13. The number of rotatable bonds is 0. The molecule has 1 N–H and O–H groups in total. The molecule has 2 saturated heterocycles. The molecule has 1 atom stereocenters. The number of morpholine rings is 1. The number of hydrogen-bond acceptors (Lipinski definition) is 4. The van der Waals surface area contributed by atoms with Gasteiger partial charge in [0.2, 0.25) is 0 Å². The first kappa shape index (κ1) is 12.6. The van der Waals surface area contributed by atoms with Crippen molar-refractivity contribution >= 4 is 6.09 Å². The fourth-order valence-corrected chi connectivity index (χ4v) is 2.36. The summed E-state index contributed by atoms with van der Waals surface area (Å²) in [5, 5.41) is 3.50. The molecule has 2 heterocycles. The normalized spacial score (nSPS) is 27.8. The van der Waals surface area contributed by atoms with Gasteiger partial charge < -0.3 is 19.7 Å². The molecule has 1 amide bonds. The van der Waals surface area contributed by atoms with E-state index < -0.39 is 5.60 Å². The topological polar surface area (TPSA) is 50.8 Å². The summed E-state index contributed by atoms with van der Waals surface area (Å²) in [6, 6.07) is 0.351. The van der Waals surface area contributed by atoms with Crippen LogP contribution in [0.15, 0.2) is 0 Å². The van der Waals surface area contributed by atoms with Gasteiger partial charge in [-0.2, -0.15) is 0 Å². The third-order valence-corrected chi connectivity index (χ3v) is 2.94. The third-order valence-electron chi connectivity index (χ3n) is 2.94. The molecule has 5 nitrogen and oxygen atoms in total. The highest BCUT2D eigenvalue weighted by molar-refractivity contribution is 5.69. The first-order chi connectivity index (χ1) is 7.80. The zero-order valence-electron chi connectivity index (χ0n) is 11.1. The molecule has 1 spiro atoms. The summed E-state index contributed by atoms with van der Waals surface area (Å²) < 4.78 is 10.8. The number of nitrogens with one attached hydrogen (secondary N) is 1. The standard InChI is InChI=1S/C12H22N2O3/c1-9-5-16-8-12(13-9)6-14(7-12)10(15)17-11(2,3)4/h9,13H,5-8H2,1-4H3. The average Bonchev–Trinajstić information content (AvgIpc) is 2.10. The predicted molar refractivity (Wildman–Crippen MR) is 64.0 cm³/mol. The van der Waals surface area contributed by atoms with Crippen LogP contribution < -0.4 is 5.32 Å². The molecule has 0 radical (unpaired) electrons. The van der Waals surface area contributed by atoms with Crippen molar-refractivity contribution in [1.82, 2.24) is 10.2 Å². The Hall–Kier alpha value is -0.810. The monoisotopic (exact) mass is 242 g/mol. The van der Waals surface area contributed by atoms with E-state index in [-0.39, 0.29) is 11.6 Å². The average molecular weight is 242 g/mol. The van der Waals surface area contributed by atoms with Crippen LogP contribution in [0.1, 0.15) is 27.7 Å². The highest BCUT2D eigenvalue weighted by atomic mass is 16.6. The predicted octanol–water partition coefficient (Wildman–Crippen LogP) is 0.984. The Morgan fingerprint density at radius 2 is 2.12 bits per heavy atom. The van der Waals surface area contributed by atoms with Crippen molar-refractivity contribution < 1.29 is 14.3 Å². The van der Waals surface area contributed by atoms with Crippen LogP contribution in [0.5, 0.6) is 0 Å². The van der Waals surface area contributed by atoms with E-state index in [9.17, 15) is 4.79 Å². The molecule has 2 aliphatic heterocycles. The molecule has 0 saturated carbocycles. The van der Waals surface area contributed by atoms with Gasteiger partial charge in [0.1, 0.15) is 5.60 Å². The van der Waals surface area contributed by atoms with Gasteiger partial charge in [-0.1, -0.05) is 0 Å². The van der Waals surface area contributed by atoms with E-state index in [0.717, 1.165) is 6.61 Å².